The number of rotatable bonds is 2. The van der Waals surface area contributed by atoms with Crippen LogP contribution in [0, 0.1) is 6.92 Å². The van der Waals surface area contributed by atoms with Gasteiger partial charge in [-0.15, -0.1) is 0 Å². The van der Waals surface area contributed by atoms with Crippen LogP contribution >= 0.6 is 0 Å². The second-order valence-electron chi connectivity index (χ2n) is 5.07. The number of alkyl halides is 3. The highest BCUT2D eigenvalue weighted by Crippen LogP contribution is 2.32. The minimum Gasteiger partial charge on any atom is -0.382 e. The SMILES string of the molecule is Cc1ccc(C(F)(F)F)cc1NC1CCOC(C)C1. The van der Waals surface area contributed by atoms with Crippen LogP contribution in [0.5, 0.6) is 0 Å². The molecule has 1 fully saturated rings. The molecule has 1 aromatic rings. The van der Waals surface area contributed by atoms with Crippen LogP contribution in [0.25, 0.3) is 0 Å². The van der Waals surface area contributed by atoms with Crippen molar-refractivity contribution in [2.24, 2.45) is 0 Å². The maximum absolute atomic E-state index is 12.7. The van der Waals surface area contributed by atoms with Crippen molar-refractivity contribution in [3.05, 3.63) is 29.3 Å². The predicted molar refractivity (Wildman–Crippen MR) is 68.2 cm³/mol. The molecule has 0 aliphatic carbocycles. The van der Waals surface area contributed by atoms with E-state index in [-0.39, 0.29) is 12.1 Å². The van der Waals surface area contributed by atoms with E-state index >= 15 is 0 Å². The lowest BCUT2D eigenvalue weighted by molar-refractivity contribution is -0.137. The zero-order chi connectivity index (χ0) is 14.0. The summed E-state index contributed by atoms with van der Waals surface area (Å²) in [6, 6.07) is 3.99. The lowest BCUT2D eigenvalue weighted by Crippen LogP contribution is -2.32. The standard InChI is InChI=1S/C14H18F3NO/c1-9-3-4-11(14(15,16)17)8-13(9)18-12-5-6-19-10(2)7-12/h3-4,8,10,12,18H,5-7H2,1-2H3. The molecule has 2 atom stereocenters. The van der Waals surface area contributed by atoms with Gasteiger partial charge in [-0.1, -0.05) is 6.07 Å². The first-order valence-corrected chi connectivity index (χ1v) is 6.42. The molecular weight excluding hydrogens is 255 g/mol. The molecule has 106 valence electrons. The van der Waals surface area contributed by atoms with Crippen molar-refractivity contribution in [2.75, 3.05) is 11.9 Å². The maximum Gasteiger partial charge on any atom is 0.416 e. The van der Waals surface area contributed by atoms with Crippen LogP contribution in [0.1, 0.15) is 30.9 Å². The number of anilines is 1. The van der Waals surface area contributed by atoms with E-state index < -0.39 is 11.7 Å². The number of halogens is 3. The monoisotopic (exact) mass is 273 g/mol. The maximum atomic E-state index is 12.7. The molecule has 2 unspecified atom stereocenters. The fraction of sp³-hybridized carbons (Fsp3) is 0.571. The van der Waals surface area contributed by atoms with E-state index in [9.17, 15) is 13.2 Å². The Morgan fingerprint density at radius 2 is 2.05 bits per heavy atom. The zero-order valence-electron chi connectivity index (χ0n) is 11.1. The van der Waals surface area contributed by atoms with Crippen LogP contribution in [0.2, 0.25) is 0 Å². The molecule has 2 rings (SSSR count). The Labute approximate surface area is 111 Å². The van der Waals surface area contributed by atoms with E-state index in [2.05, 4.69) is 5.32 Å². The Hall–Kier alpha value is -1.23. The molecule has 1 heterocycles. The van der Waals surface area contributed by atoms with Crippen LogP contribution < -0.4 is 5.32 Å². The Morgan fingerprint density at radius 1 is 1.32 bits per heavy atom. The van der Waals surface area contributed by atoms with Gasteiger partial charge >= 0.3 is 6.18 Å². The minimum absolute atomic E-state index is 0.150. The number of benzene rings is 1. The van der Waals surface area contributed by atoms with Crippen LogP contribution in [0.4, 0.5) is 18.9 Å². The first-order valence-electron chi connectivity index (χ1n) is 6.42. The van der Waals surface area contributed by atoms with E-state index in [4.69, 9.17) is 4.74 Å². The normalized spacial score (nSPS) is 24.3. The molecule has 0 aromatic heterocycles. The molecule has 1 aliphatic heterocycles. The van der Waals surface area contributed by atoms with Gasteiger partial charge in [-0.25, -0.2) is 0 Å². The number of aryl methyl sites for hydroxylation is 1. The van der Waals surface area contributed by atoms with Crippen molar-refractivity contribution in [3.63, 3.8) is 0 Å². The average molecular weight is 273 g/mol. The highest BCUT2D eigenvalue weighted by molar-refractivity contribution is 5.54. The van der Waals surface area contributed by atoms with Gasteiger partial charge in [0, 0.05) is 18.3 Å². The Balaban J connectivity index is 2.15. The van der Waals surface area contributed by atoms with Gasteiger partial charge in [0.25, 0.3) is 0 Å². The quantitative estimate of drug-likeness (QED) is 0.879. The van der Waals surface area contributed by atoms with Gasteiger partial charge in [0.15, 0.2) is 0 Å². The van der Waals surface area contributed by atoms with Crippen LogP contribution in [-0.2, 0) is 10.9 Å². The lowest BCUT2D eigenvalue weighted by atomic mass is 10.0. The van der Waals surface area contributed by atoms with Gasteiger partial charge in [0.1, 0.15) is 0 Å². The molecule has 1 saturated heterocycles. The number of hydrogen-bond acceptors (Lipinski definition) is 2. The third-order valence-corrected chi connectivity index (χ3v) is 3.41. The summed E-state index contributed by atoms with van der Waals surface area (Å²) in [7, 11) is 0. The highest BCUT2D eigenvalue weighted by atomic mass is 19.4. The first-order chi connectivity index (χ1) is 8.86. The molecule has 5 heteroatoms. The second kappa shape index (κ2) is 5.41. The van der Waals surface area contributed by atoms with Gasteiger partial charge < -0.3 is 10.1 Å². The van der Waals surface area contributed by atoms with Crippen LogP contribution in [-0.4, -0.2) is 18.8 Å². The Bertz CT molecular complexity index is 445. The minimum atomic E-state index is -4.30. The van der Waals surface area contributed by atoms with Gasteiger partial charge in [0.2, 0.25) is 0 Å². The largest absolute Gasteiger partial charge is 0.416 e. The van der Waals surface area contributed by atoms with Crippen molar-refractivity contribution < 1.29 is 17.9 Å². The van der Waals surface area contributed by atoms with Crippen molar-refractivity contribution in [1.82, 2.24) is 0 Å². The fourth-order valence-electron chi connectivity index (χ4n) is 2.30. The summed E-state index contributed by atoms with van der Waals surface area (Å²) < 4.78 is 43.5. The molecule has 2 nitrogen and oxygen atoms in total. The summed E-state index contributed by atoms with van der Waals surface area (Å²) in [5.74, 6) is 0. The summed E-state index contributed by atoms with van der Waals surface area (Å²) in [5.41, 5.74) is 0.779. The molecule has 1 aromatic carbocycles. The molecule has 1 N–H and O–H groups in total. The molecule has 0 spiro atoms. The average Bonchev–Trinajstić information content (AvgIpc) is 2.30. The van der Waals surface area contributed by atoms with E-state index in [1.165, 1.54) is 12.1 Å². The zero-order valence-corrected chi connectivity index (χ0v) is 11.1. The van der Waals surface area contributed by atoms with E-state index in [1.807, 2.05) is 13.8 Å². The molecule has 0 saturated carbocycles. The van der Waals surface area contributed by atoms with E-state index in [0.29, 0.717) is 12.3 Å². The van der Waals surface area contributed by atoms with E-state index in [0.717, 1.165) is 24.5 Å². The van der Waals surface area contributed by atoms with Gasteiger partial charge in [0.05, 0.1) is 11.7 Å². The number of ether oxygens (including phenoxy) is 1. The summed E-state index contributed by atoms with van der Waals surface area (Å²) >= 11 is 0. The van der Waals surface area contributed by atoms with Gasteiger partial charge in [-0.2, -0.15) is 13.2 Å². The number of hydrogen-bond donors (Lipinski definition) is 1. The summed E-state index contributed by atoms with van der Waals surface area (Å²) in [4.78, 5) is 0. The lowest BCUT2D eigenvalue weighted by Gasteiger charge is -2.29. The molecule has 0 radical (unpaired) electrons. The topological polar surface area (TPSA) is 21.3 Å². The molecule has 1 aliphatic rings. The first kappa shape index (κ1) is 14.2. The highest BCUT2D eigenvalue weighted by Gasteiger charge is 2.31. The van der Waals surface area contributed by atoms with Crippen LogP contribution in [0.3, 0.4) is 0 Å². The third kappa shape index (κ3) is 3.62. The Morgan fingerprint density at radius 3 is 2.68 bits per heavy atom. The second-order valence-corrected chi connectivity index (χ2v) is 5.07. The summed E-state index contributed by atoms with van der Waals surface area (Å²) in [6.45, 7) is 4.44. The Kier molecular flexibility index (Phi) is 4.04. The predicted octanol–water partition coefficient (Wildman–Crippen LogP) is 3.99. The van der Waals surface area contributed by atoms with Crippen molar-refractivity contribution >= 4 is 5.69 Å². The van der Waals surface area contributed by atoms with Crippen molar-refractivity contribution in [3.8, 4) is 0 Å². The van der Waals surface area contributed by atoms with Gasteiger partial charge in [-0.3, -0.25) is 0 Å². The summed E-state index contributed by atoms with van der Waals surface area (Å²) in [6.07, 6.45) is -2.51. The summed E-state index contributed by atoms with van der Waals surface area (Å²) in [5, 5.41) is 3.21. The number of nitrogens with one attached hydrogen (secondary N) is 1. The molecule has 19 heavy (non-hydrogen) atoms. The molecule has 0 amide bonds. The fourth-order valence-corrected chi connectivity index (χ4v) is 2.30. The smallest absolute Gasteiger partial charge is 0.382 e. The van der Waals surface area contributed by atoms with Crippen molar-refractivity contribution in [2.45, 2.75) is 45.0 Å². The molecular formula is C14H18F3NO. The van der Waals surface area contributed by atoms with E-state index in [1.54, 1.807) is 0 Å². The van der Waals surface area contributed by atoms with Gasteiger partial charge in [-0.05, 0) is 44.4 Å². The van der Waals surface area contributed by atoms with Crippen LogP contribution in [0.15, 0.2) is 18.2 Å². The third-order valence-electron chi connectivity index (χ3n) is 3.41. The molecule has 0 bridgehead atoms. The van der Waals surface area contributed by atoms with Crippen molar-refractivity contribution in [1.29, 1.82) is 0 Å².